The van der Waals surface area contributed by atoms with E-state index in [0.717, 1.165) is 23.1 Å². The normalized spacial score (nSPS) is 11.4. The van der Waals surface area contributed by atoms with Gasteiger partial charge in [-0.15, -0.1) is 0 Å². The van der Waals surface area contributed by atoms with Gasteiger partial charge in [-0.05, 0) is 61.7 Å². The minimum absolute atomic E-state index is 0.254. The summed E-state index contributed by atoms with van der Waals surface area (Å²) < 4.78 is 27.4. The van der Waals surface area contributed by atoms with Crippen LogP contribution in [0.2, 0.25) is 0 Å². The smallest absolute Gasteiger partial charge is 0.261 e. The third-order valence-electron chi connectivity index (χ3n) is 3.30. The molecule has 0 bridgehead atoms. The van der Waals surface area contributed by atoms with Crippen LogP contribution in [0.3, 0.4) is 0 Å². The van der Waals surface area contributed by atoms with Crippen molar-refractivity contribution in [2.45, 2.75) is 25.2 Å². The fourth-order valence-corrected chi connectivity index (χ4v) is 3.17. The second-order valence-electron chi connectivity index (χ2n) is 5.11. The molecule has 0 saturated carbocycles. The van der Waals surface area contributed by atoms with E-state index in [1.54, 1.807) is 24.3 Å². The summed E-state index contributed by atoms with van der Waals surface area (Å²) >= 11 is 0. The molecule has 3 N–H and O–H groups in total. The van der Waals surface area contributed by atoms with E-state index in [2.05, 4.69) is 4.72 Å². The maximum absolute atomic E-state index is 12.4. The Labute approximate surface area is 126 Å². The van der Waals surface area contributed by atoms with Gasteiger partial charge in [-0.25, -0.2) is 8.42 Å². The third kappa shape index (κ3) is 3.83. The highest BCUT2D eigenvalue weighted by molar-refractivity contribution is 7.92. The summed E-state index contributed by atoms with van der Waals surface area (Å²) in [4.78, 5) is 0.254. The van der Waals surface area contributed by atoms with E-state index in [1.807, 2.05) is 32.0 Å². The van der Waals surface area contributed by atoms with Gasteiger partial charge in [0.1, 0.15) is 0 Å². The highest BCUT2D eigenvalue weighted by atomic mass is 32.2. The molecule has 0 spiro atoms. The average molecular weight is 304 g/mol. The summed E-state index contributed by atoms with van der Waals surface area (Å²) in [5.41, 5.74) is 9.03. The van der Waals surface area contributed by atoms with Crippen LogP contribution < -0.4 is 10.5 Å². The first kappa shape index (κ1) is 15.5. The second-order valence-corrected chi connectivity index (χ2v) is 6.79. The zero-order valence-corrected chi connectivity index (χ0v) is 13.1. The van der Waals surface area contributed by atoms with E-state index >= 15 is 0 Å². The Morgan fingerprint density at radius 1 is 1.05 bits per heavy atom. The molecule has 0 aliphatic heterocycles. The molecule has 4 nitrogen and oxygen atoms in total. The van der Waals surface area contributed by atoms with Crippen molar-refractivity contribution < 1.29 is 8.42 Å². The number of benzene rings is 2. The summed E-state index contributed by atoms with van der Waals surface area (Å²) in [6.45, 7) is 4.35. The molecule has 0 heterocycles. The zero-order valence-electron chi connectivity index (χ0n) is 12.3. The first-order valence-electron chi connectivity index (χ1n) is 6.81. The highest BCUT2D eigenvalue weighted by Crippen LogP contribution is 2.21. The van der Waals surface area contributed by atoms with Gasteiger partial charge in [0.25, 0.3) is 10.0 Å². The molecular weight excluding hydrogens is 284 g/mol. The van der Waals surface area contributed by atoms with Gasteiger partial charge in [0, 0.05) is 0 Å². The summed E-state index contributed by atoms with van der Waals surface area (Å²) in [5, 5.41) is 0. The van der Waals surface area contributed by atoms with E-state index in [-0.39, 0.29) is 4.90 Å². The average Bonchev–Trinajstić information content (AvgIpc) is 2.44. The van der Waals surface area contributed by atoms with Gasteiger partial charge in [0.15, 0.2) is 0 Å². The Bertz CT molecular complexity index is 722. The number of hydrogen-bond donors (Lipinski definition) is 2. The molecule has 0 aromatic heterocycles. The van der Waals surface area contributed by atoms with Crippen molar-refractivity contribution >= 4 is 15.7 Å². The maximum atomic E-state index is 12.4. The van der Waals surface area contributed by atoms with Gasteiger partial charge >= 0.3 is 0 Å². The molecule has 5 heteroatoms. The fourth-order valence-electron chi connectivity index (χ4n) is 2.05. The molecule has 112 valence electrons. The molecule has 2 rings (SSSR count). The molecular formula is C16H20N2O2S. The second kappa shape index (κ2) is 6.28. The molecule has 21 heavy (non-hydrogen) atoms. The van der Waals surface area contributed by atoms with Crippen molar-refractivity contribution in [3.8, 4) is 0 Å². The zero-order chi connectivity index (χ0) is 15.5. The standard InChI is InChI=1S/C16H20N2O2S/c1-12-3-4-13(2)16(11-12)18-21(19,20)15-7-5-14(6-8-15)9-10-17/h3-8,11,18H,9-10,17H2,1-2H3. The van der Waals surface area contributed by atoms with Crippen LogP contribution in [0.5, 0.6) is 0 Å². The van der Waals surface area contributed by atoms with Crippen LogP contribution in [0.4, 0.5) is 5.69 Å². The molecule has 0 atom stereocenters. The Morgan fingerprint density at radius 3 is 2.33 bits per heavy atom. The topological polar surface area (TPSA) is 72.2 Å². The quantitative estimate of drug-likeness (QED) is 0.892. The number of hydrogen-bond acceptors (Lipinski definition) is 3. The SMILES string of the molecule is Cc1ccc(C)c(NS(=O)(=O)c2ccc(CCN)cc2)c1. The van der Waals surface area contributed by atoms with Gasteiger partial charge in [-0.1, -0.05) is 24.3 Å². The number of aryl methyl sites for hydroxylation is 2. The van der Waals surface area contributed by atoms with Gasteiger partial charge in [0.2, 0.25) is 0 Å². The van der Waals surface area contributed by atoms with Crippen LogP contribution in [0.25, 0.3) is 0 Å². The van der Waals surface area contributed by atoms with E-state index < -0.39 is 10.0 Å². The lowest BCUT2D eigenvalue weighted by atomic mass is 10.1. The van der Waals surface area contributed by atoms with Crippen LogP contribution in [0.15, 0.2) is 47.4 Å². The van der Waals surface area contributed by atoms with Crippen LogP contribution in [-0.4, -0.2) is 15.0 Å². The van der Waals surface area contributed by atoms with Crippen molar-refractivity contribution in [1.29, 1.82) is 0 Å². The maximum Gasteiger partial charge on any atom is 0.261 e. The number of anilines is 1. The van der Waals surface area contributed by atoms with Crippen molar-refractivity contribution in [1.82, 2.24) is 0 Å². The number of nitrogens with one attached hydrogen (secondary N) is 1. The molecule has 2 aromatic rings. The Kier molecular flexibility index (Phi) is 4.65. The number of nitrogens with two attached hydrogens (primary N) is 1. The van der Waals surface area contributed by atoms with Crippen molar-refractivity contribution in [2.75, 3.05) is 11.3 Å². The Morgan fingerprint density at radius 2 is 1.71 bits per heavy atom. The monoisotopic (exact) mass is 304 g/mol. The number of sulfonamides is 1. The summed E-state index contributed by atoms with van der Waals surface area (Å²) in [7, 11) is -3.57. The summed E-state index contributed by atoms with van der Waals surface area (Å²) in [6, 6.07) is 12.5. The van der Waals surface area contributed by atoms with Gasteiger partial charge in [-0.2, -0.15) is 0 Å². The first-order valence-corrected chi connectivity index (χ1v) is 8.30. The summed E-state index contributed by atoms with van der Waals surface area (Å²) in [5.74, 6) is 0. The molecule has 0 unspecified atom stereocenters. The fraction of sp³-hybridized carbons (Fsp3) is 0.250. The van der Waals surface area contributed by atoms with E-state index in [0.29, 0.717) is 12.2 Å². The lowest BCUT2D eigenvalue weighted by Gasteiger charge is -2.11. The van der Waals surface area contributed by atoms with Crippen LogP contribution in [0, 0.1) is 13.8 Å². The van der Waals surface area contributed by atoms with E-state index in [4.69, 9.17) is 5.73 Å². The van der Waals surface area contributed by atoms with Crippen LogP contribution in [-0.2, 0) is 16.4 Å². The van der Waals surface area contributed by atoms with E-state index in [1.165, 1.54) is 0 Å². The van der Waals surface area contributed by atoms with Gasteiger partial charge in [-0.3, -0.25) is 4.72 Å². The van der Waals surface area contributed by atoms with E-state index in [9.17, 15) is 8.42 Å². The molecule has 2 aromatic carbocycles. The Balaban J connectivity index is 2.27. The Hall–Kier alpha value is -1.85. The van der Waals surface area contributed by atoms with Crippen LogP contribution >= 0.6 is 0 Å². The molecule has 0 aliphatic carbocycles. The first-order chi connectivity index (χ1) is 9.92. The number of rotatable bonds is 5. The minimum atomic E-state index is -3.57. The highest BCUT2D eigenvalue weighted by Gasteiger charge is 2.15. The molecule has 0 aliphatic rings. The predicted octanol–water partition coefficient (Wildman–Crippen LogP) is 2.61. The molecule has 0 amide bonds. The molecule has 0 saturated heterocycles. The summed E-state index contributed by atoms with van der Waals surface area (Å²) in [6.07, 6.45) is 0.741. The lowest BCUT2D eigenvalue weighted by Crippen LogP contribution is -2.14. The lowest BCUT2D eigenvalue weighted by molar-refractivity contribution is 0.601. The third-order valence-corrected chi connectivity index (χ3v) is 4.69. The minimum Gasteiger partial charge on any atom is -0.330 e. The molecule has 0 fully saturated rings. The van der Waals surface area contributed by atoms with Gasteiger partial charge < -0.3 is 5.73 Å². The largest absolute Gasteiger partial charge is 0.330 e. The van der Waals surface area contributed by atoms with Crippen LogP contribution in [0.1, 0.15) is 16.7 Å². The van der Waals surface area contributed by atoms with Crippen molar-refractivity contribution in [3.63, 3.8) is 0 Å². The van der Waals surface area contributed by atoms with Gasteiger partial charge in [0.05, 0.1) is 10.6 Å². The van der Waals surface area contributed by atoms with Crippen molar-refractivity contribution in [3.05, 3.63) is 59.2 Å². The molecule has 0 radical (unpaired) electrons. The van der Waals surface area contributed by atoms with Crippen molar-refractivity contribution in [2.24, 2.45) is 5.73 Å². The predicted molar refractivity (Wildman–Crippen MR) is 85.9 cm³/mol.